The van der Waals surface area contributed by atoms with Crippen LogP contribution in [-0.4, -0.2) is 6.10 Å². The van der Waals surface area contributed by atoms with Crippen LogP contribution in [0.1, 0.15) is 31.2 Å². The van der Waals surface area contributed by atoms with Crippen molar-refractivity contribution >= 4 is 15.9 Å². The lowest BCUT2D eigenvalue weighted by Crippen LogP contribution is -2.21. The average molecular weight is 288 g/mol. The first-order valence-corrected chi connectivity index (χ1v) is 6.37. The molecule has 1 aliphatic rings. The fraction of sp³-hybridized carbons (Fsp3) is 0.500. The van der Waals surface area contributed by atoms with Crippen LogP contribution in [0.2, 0.25) is 0 Å². The van der Waals surface area contributed by atoms with Crippen molar-refractivity contribution in [2.75, 3.05) is 0 Å². The Morgan fingerprint density at radius 2 is 2.12 bits per heavy atom. The van der Waals surface area contributed by atoms with E-state index in [0.717, 1.165) is 17.3 Å². The second-order valence-electron chi connectivity index (χ2n) is 4.08. The fourth-order valence-electron chi connectivity index (χ4n) is 1.91. The van der Waals surface area contributed by atoms with E-state index in [-0.39, 0.29) is 5.82 Å². The van der Waals surface area contributed by atoms with Crippen molar-refractivity contribution in [3.8, 4) is 0 Å². The number of nitrogens with one attached hydrogen (secondary N) is 1. The second kappa shape index (κ2) is 5.75. The maximum Gasteiger partial charge on any atom is 0.128 e. The van der Waals surface area contributed by atoms with Gasteiger partial charge in [0.2, 0.25) is 0 Å². The molecule has 0 unspecified atom stereocenters. The summed E-state index contributed by atoms with van der Waals surface area (Å²) in [6.45, 7) is 0.412. The van der Waals surface area contributed by atoms with Crippen LogP contribution >= 0.6 is 15.9 Å². The molecule has 16 heavy (non-hydrogen) atoms. The smallest absolute Gasteiger partial charge is 0.128 e. The molecule has 2 rings (SSSR count). The van der Waals surface area contributed by atoms with E-state index >= 15 is 0 Å². The van der Waals surface area contributed by atoms with Gasteiger partial charge >= 0.3 is 0 Å². The van der Waals surface area contributed by atoms with Crippen molar-refractivity contribution in [2.24, 2.45) is 0 Å². The summed E-state index contributed by atoms with van der Waals surface area (Å²) in [4.78, 5) is 5.46. The van der Waals surface area contributed by atoms with Crippen LogP contribution in [0.5, 0.6) is 0 Å². The average Bonchev–Trinajstić information content (AvgIpc) is 2.74. The maximum absolute atomic E-state index is 13.4. The van der Waals surface area contributed by atoms with Gasteiger partial charge in [0.15, 0.2) is 0 Å². The molecule has 1 aromatic rings. The molecule has 2 nitrogen and oxygen atoms in total. The Labute approximate surface area is 103 Å². The molecule has 0 bridgehead atoms. The zero-order valence-corrected chi connectivity index (χ0v) is 10.6. The number of hydrogen-bond donors (Lipinski definition) is 1. The Kier molecular flexibility index (Phi) is 4.32. The van der Waals surface area contributed by atoms with E-state index in [1.165, 1.54) is 18.9 Å². The lowest BCUT2D eigenvalue weighted by molar-refractivity contribution is -0.0248. The van der Waals surface area contributed by atoms with Crippen molar-refractivity contribution < 1.29 is 9.23 Å². The van der Waals surface area contributed by atoms with E-state index in [2.05, 4.69) is 21.4 Å². The summed E-state index contributed by atoms with van der Waals surface area (Å²) in [6, 6.07) is 5.05. The molecular weight excluding hydrogens is 273 g/mol. The minimum Gasteiger partial charge on any atom is -0.298 e. The first-order chi connectivity index (χ1) is 7.75. The van der Waals surface area contributed by atoms with Crippen molar-refractivity contribution in [3.05, 3.63) is 34.1 Å². The second-order valence-corrected chi connectivity index (χ2v) is 5.00. The quantitative estimate of drug-likeness (QED) is 0.855. The van der Waals surface area contributed by atoms with Crippen LogP contribution in [0.25, 0.3) is 0 Å². The fourth-order valence-corrected chi connectivity index (χ4v) is 2.24. The van der Waals surface area contributed by atoms with Crippen LogP contribution in [0.4, 0.5) is 4.39 Å². The first-order valence-electron chi connectivity index (χ1n) is 5.58. The largest absolute Gasteiger partial charge is 0.298 e. The minimum absolute atomic E-state index is 0.211. The molecular formula is C12H15BrFNO. The van der Waals surface area contributed by atoms with Crippen LogP contribution in [-0.2, 0) is 11.4 Å². The molecule has 1 aromatic carbocycles. The Bertz CT molecular complexity index is 353. The van der Waals surface area contributed by atoms with Crippen LogP contribution in [0.3, 0.4) is 0 Å². The summed E-state index contributed by atoms with van der Waals surface area (Å²) in [6.07, 6.45) is 4.99. The van der Waals surface area contributed by atoms with Crippen LogP contribution < -0.4 is 5.48 Å². The monoisotopic (exact) mass is 287 g/mol. The number of benzene rings is 1. The highest BCUT2D eigenvalue weighted by molar-refractivity contribution is 9.10. The van der Waals surface area contributed by atoms with Crippen molar-refractivity contribution in [1.82, 2.24) is 5.48 Å². The van der Waals surface area contributed by atoms with E-state index in [9.17, 15) is 4.39 Å². The van der Waals surface area contributed by atoms with E-state index in [1.807, 2.05) is 6.07 Å². The third kappa shape index (κ3) is 3.27. The van der Waals surface area contributed by atoms with E-state index in [1.54, 1.807) is 6.07 Å². The normalized spacial score (nSPS) is 16.9. The zero-order valence-electron chi connectivity index (χ0n) is 9.01. The third-order valence-corrected chi connectivity index (χ3v) is 3.32. The molecule has 4 heteroatoms. The van der Waals surface area contributed by atoms with E-state index < -0.39 is 0 Å². The lowest BCUT2D eigenvalue weighted by atomic mass is 10.2. The highest BCUT2D eigenvalue weighted by atomic mass is 79.9. The van der Waals surface area contributed by atoms with Gasteiger partial charge in [0.05, 0.1) is 6.10 Å². The molecule has 1 N–H and O–H groups in total. The van der Waals surface area contributed by atoms with Gasteiger partial charge < -0.3 is 0 Å². The number of hydrogen-bond acceptors (Lipinski definition) is 2. The van der Waals surface area contributed by atoms with Gasteiger partial charge in [0.25, 0.3) is 0 Å². The van der Waals surface area contributed by atoms with Gasteiger partial charge in [-0.2, -0.15) is 5.48 Å². The number of rotatable bonds is 4. The van der Waals surface area contributed by atoms with Crippen LogP contribution in [0, 0.1) is 5.82 Å². The number of hydroxylamine groups is 1. The molecule has 0 spiro atoms. The van der Waals surface area contributed by atoms with Crippen LogP contribution in [0.15, 0.2) is 22.7 Å². The van der Waals surface area contributed by atoms with E-state index in [0.29, 0.717) is 18.2 Å². The van der Waals surface area contributed by atoms with Gasteiger partial charge in [-0.05, 0) is 25.0 Å². The van der Waals surface area contributed by atoms with Gasteiger partial charge in [-0.15, -0.1) is 0 Å². The first kappa shape index (κ1) is 12.0. The Balaban J connectivity index is 1.80. The lowest BCUT2D eigenvalue weighted by Gasteiger charge is -2.12. The maximum atomic E-state index is 13.4. The Morgan fingerprint density at radius 3 is 2.81 bits per heavy atom. The molecule has 1 aliphatic carbocycles. The summed E-state index contributed by atoms with van der Waals surface area (Å²) in [5.74, 6) is -0.211. The van der Waals surface area contributed by atoms with Gasteiger partial charge in [-0.25, -0.2) is 4.39 Å². The topological polar surface area (TPSA) is 21.3 Å². The van der Waals surface area contributed by atoms with E-state index in [4.69, 9.17) is 4.84 Å². The van der Waals surface area contributed by atoms with Gasteiger partial charge in [-0.1, -0.05) is 34.8 Å². The van der Waals surface area contributed by atoms with Crippen molar-refractivity contribution in [1.29, 1.82) is 0 Å². The van der Waals surface area contributed by atoms with Gasteiger partial charge in [0, 0.05) is 16.6 Å². The molecule has 0 aromatic heterocycles. The summed E-state index contributed by atoms with van der Waals surface area (Å²) in [5, 5.41) is 0. The molecule has 88 valence electrons. The Hall–Kier alpha value is -0.450. The molecule has 0 heterocycles. The summed E-state index contributed by atoms with van der Waals surface area (Å²) < 4.78 is 14.2. The highest BCUT2D eigenvalue weighted by Gasteiger charge is 2.15. The summed E-state index contributed by atoms with van der Waals surface area (Å²) >= 11 is 3.23. The van der Waals surface area contributed by atoms with Crippen molar-refractivity contribution in [2.45, 2.75) is 38.3 Å². The summed E-state index contributed by atoms with van der Waals surface area (Å²) in [7, 11) is 0. The molecule has 0 amide bonds. The molecule has 0 atom stereocenters. The third-order valence-electron chi connectivity index (χ3n) is 2.83. The Morgan fingerprint density at radius 1 is 1.38 bits per heavy atom. The molecule has 1 fully saturated rings. The minimum atomic E-state index is -0.211. The molecule has 0 aliphatic heterocycles. The standard InChI is InChI=1S/C12H15BrFNO/c13-10-6-5-9(12(14)7-10)8-15-16-11-3-1-2-4-11/h5-7,11,15H,1-4,8H2. The highest BCUT2D eigenvalue weighted by Crippen LogP contribution is 2.20. The van der Waals surface area contributed by atoms with Gasteiger partial charge in [0.1, 0.15) is 5.82 Å². The molecule has 0 radical (unpaired) electrons. The predicted octanol–water partition coefficient (Wildman–Crippen LogP) is 3.55. The summed E-state index contributed by atoms with van der Waals surface area (Å²) in [5.41, 5.74) is 3.47. The van der Waals surface area contributed by atoms with Gasteiger partial charge in [-0.3, -0.25) is 4.84 Å². The molecule has 0 saturated heterocycles. The SMILES string of the molecule is Fc1cc(Br)ccc1CNOC1CCCC1. The van der Waals surface area contributed by atoms with Crippen molar-refractivity contribution in [3.63, 3.8) is 0 Å². The zero-order chi connectivity index (χ0) is 11.4. The number of halogens is 2. The molecule has 1 saturated carbocycles. The predicted molar refractivity (Wildman–Crippen MR) is 64.3 cm³/mol.